The van der Waals surface area contributed by atoms with Gasteiger partial charge in [0.05, 0.1) is 17.0 Å². The highest BCUT2D eigenvalue weighted by atomic mass is 32.2. The Labute approximate surface area is 157 Å². The highest BCUT2D eigenvalue weighted by Gasteiger charge is 2.32. The van der Waals surface area contributed by atoms with Gasteiger partial charge in [-0.05, 0) is 51.1 Å². The number of carbonyl (C=O) groups is 1. The Morgan fingerprint density at radius 2 is 1.93 bits per heavy atom. The molecule has 0 saturated carbocycles. The van der Waals surface area contributed by atoms with E-state index in [9.17, 15) is 17.6 Å². The normalized spacial score (nSPS) is 14.3. The van der Waals surface area contributed by atoms with E-state index in [0.29, 0.717) is 0 Å². The minimum atomic E-state index is -3.95. The summed E-state index contributed by atoms with van der Waals surface area (Å²) in [6, 6.07) is 6.00. The molecule has 1 N–H and O–H groups in total. The fourth-order valence-corrected chi connectivity index (χ4v) is 4.04. The van der Waals surface area contributed by atoms with E-state index in [0.717, 1.165) is 16.4 Å². The first-order chi connectivity index (χ1) is 12.6. The fraction of sp³-hybridized carbons (Fsp3) is 0.333. The Balaban J connectivity index is 2.01. The number of amides is 1. The molecule has 9 heteroatoms. The van der Waals surface area contributed by atoms with Crippen molar-refractivity contribution >= 4 is 21.6 Å². The molecule has 0 spiro atoms. The van der Waals surface area contributed by atoms with Gasteiger partial charge in [-0.15, -0.1) is 0 Å². The quantitative estimate of drug-likeness (QED) is 0.865. The van der Waals surface area contributed by atoms with Gasteiger partial charge in [0.2, 0.25) is 5.88 Å². The molecule has 7 nitrogen and oxygen atoms in total. The maximum atomic E-state index is 13.2. The Kier molecular flexibility index (Phi) is 4.81. The Morgan fingerprint density at radius 1 is 1.26 bits per heavy atom. The third-order valence-corrected chi connectivity index (χ3v) is 5.61. The zero-order valence-corrected chi connectivity index (χ0v) is 16.0. The van der Waals surface area contributed by atoms with Crippen LogP contribution in [0.3, 0.4) is 0 Å². The summed E-state index contributed by atoms with van der Waals surface area (Å²) >= 11 is 0. The summed E-state index contributed by atoms with van der Waals surface area (Å²) in [5.41, 5.74) is -0.0655. The topological polar surface area (TPSA) is 88.6 Å². The van der Waals surface area contributed by atoms with Crippen molar-refractivity contribution in [2.75, 3.05) is 17.5 Å². The maximum absolute atomic E-state index is 13.2. The molecular weight excluding hydrogens is 373 g/mol. The summed E-state index contributed by atoms with van der Waals surface area (Å²) in [4.78, 5) is 16.4. The molecule has 1 aliphatic rings. The first kappa shape index (κ1) is 19.1. The lowest BCUT2D eigenvalue weighted by Gasteiger charge is -2.30. The van der Waals surface area contributed by atoms with Crippen molar-refractivity contribution in [2.24, 2.45) is 0 Å². The van der Waals surface area contributed by atoms with Crippen molar-refractivity contribution in [3.8, 4) is 5.88 Å². The van der Waals surface area contributed by atoms with Crippen molar-refractivity contribution in [3.05, 3.63) is 47.9 Å². The molecule has 0 radical (unpaired) electrons. The average molecular weight is 393 g/mol. The van der Waals surface area contributed by atoms with E-state index in [1.807, 2.05) is 20.8 Å². The van der Waals surface area contributed by atoms with Gasteiger partial charge >= 0.3 is 0 Å². The van der Waals surface area contributed by atoms with Crippen LogP contribution in [-0.4, -0.2) is 38.0 Å². The maximum Gasteiger partial charge on any atom is 0.264 e. The number of benzene rings is 1. The second-order valence-electron chi connectivity index (χ2n) is 7.13. The van der Waals surface area contributed by atoms with E-state index >= 15 is 0 Å². The lowest BCUT2D eigenvalue weighted by Crippen LogP contribution is -2.41. The minimum absolute atomic E-state index is 0.0543. The molecule has 2 heterocycles. The number of pyridine rings is 1. The number of aromatic nitrogens is 1. The van der Waals surface area contributed by atoms with Gasteiger partial charge in [-0.1, -0.05) is 0 Å². The molecule has 1 aromatic heterocycles. The van der Waals surface area contributed by atoms with Crippen LogP contribution in [0.15, 0.2) is 41.4 Å². The molecule has 1 aromatic carbocycles. The van der Waals surface area contributed by atoms with Crippen LogP contribution in [-0.2, 0) is 10.0 Å². The number of halogens is 1. The van der Waals surface area contributed by atoms with Crippen LogP contribution in [0, 0.1) is 5.82 Å². The summed E-state index contributed by atoms with van der Waals surface area (Å²) in [6.07, 6.45) is 1.34. The van der Waals surface area contributed by atoms with Crippen LogP contribution in [0.5, 0.6) is 5.88 Å². The van der Waals surface area contributed by atoms with Crippen LogP contribution in [0.2, 0.25) is 0 Å². The largest absolute Gasteiger partial charge is 0.474 e. The predicted octanol–water partition coefficient (Wildman–Crippen LogP) is 2.34. The molecule has 1 amide bonds. The Morgan fingerprint density at radius 3 is 2.56 bits per heavy atom. The number of sulfonamides is 1. The molecule has 144 valence electrons. The molecule has 0 fully saturated rings. The van der Waals surface area contributed by atoms with Crippen LogP contribution in [0.4, 0.5) is 10.1 Å². The van der Waals surface area contributed by atoms with E-state index < -0.39 is 21.4 Å². The van der Waals surface area contributed by atoms with E-state index in [2.05, 4.69) is 10.3 Å². The minimum Gasteiger partial charge on any atom is -0.474 e. The predicted molar refractivity (Wildman–Crippen MR) is 97.9 cm³/mol. The molecule has 3 rings (SSSR count). The van der Waals surface area contributed by atoms with Gasteiger partial charge in [0, 0.05) is 11.7 Å². The SMILES string of the molecule is CC(C)(C)NC(=O)c1cnc2c(c1)N(S(=O)(=O)c1ccc(F)cc1)CCO2. The summed E-state index contributed by atoms with van der Waals surface area (Å²) in [6.45, 7) is 5.69. The standard InChI is InChI=1S/C18H20FN3O4S/c1-18(2,3)21-16(23)12-10-15-17(20-11-12)26-9-8-22(15)27(24,25)14-6-4-13(19)5-7-14/h4-7,10-11H,8-9H2,1-3H3,(H,21,23). The smallest absolute Gasteiger partial charge is 0.264 e. The third kappa shape index (κ3) is 4.02. The van der Waals surface area contributed by atoms with Gasteiger partial charge < -0.3 is 10.1 Å². The lowest BCUT2D eigenvalue weighted by atomic mass is 10.1. The van der Waals surface area contributed by atoms with E-state index in [4.69, 9.17) is 4.74 Å². The summed E-state index contributed by atoms with van der Waals surface area (Å²) in [5.74, 6) is -0.777. The first-order valence-corrected chi connectivity index (χ1v) is 9.76. The van der Waals surface area contributed by atoms with Crippen molar-refractivity contribution in [1.82, 2.24) is 10.3 Å². The number of ether oxygens (including phenoxy) is 1. The summed E-state index contributed by atoms with van der Waals surface area (Å²) in [7, 11) is -3.95. The summed E-state index contributed by atoms with van der Waals surface area (Å²) < 4.78 is 45.7. The number of hydrogen-bond donors (Lipinski definition) is 1. The van der Waals surface area contributed by atoms with Crippen LogP contribution in [0.1, 0.15) is 31.1 Å². The Bertz CT molecular complexity index is 969. The molecule has 2 aromatic rings. The molecule has 0 bridgehead atoms. The van der Waals surface area contributed by atoms with Crippen molar-refractivity contribution in [2.45, 2.75) is 31.2 Å². The zero-order valence-electron chi connectivity index (χ0n) is 15.2. The van der Waals surface area contributed by atoms with Gasteiger partial charge in [0.15, 0.2) is 0 Å². The second-order valence-corrected chi connectivity index (χ2v) is 8.99. The number of rotatable bonds is 3. The molecule has 0 aliphatic carbocycles. The van der Waals surface area contributed by atoms with E-state index in [1.165, 1.54) is 24.4 Å². The first-order valence-electron chi connectivity index (χ1n) is 8.31. The monoisotopic (exact) mass is 393 g/mol. The van der Waals surface area contributed by atoms with Gasteiger partial charge in [0.1, 0.15) is 18.1 Å². The molecule has 0 atom stereocenters. The number of anilines is 1. The fourth-order valence-electron chi connectivity index (χ4n) is 2.60. The number of hydrogen-bond acceptors (Lipinski definition) is 5. The lowest BCUT2D eigenvalue weighted by molar-refractivity contribution is 0.0919. The van der Waals surface area contributed by atoms with Gasteiger partial charge in [-0.25, -0.2) is 17.8 Å². The van der Waals surface area contributed by atoms with Crippen LogP contribution < -0.4 is 14.4 Å². The molecule has 0 saturated heterocycles. The van der Waals surface area contributed by atoms with Crippen LogP contribution >= 0.6 is 0 Å². The number of nitrogens with zero attached hydrogens (tertiary/aromatic N) is 2. The van der Waals surface area contributed by atoms with Crippen LogP contribution in [0.25, 0.3) is 0 Å². The third-order valence-electron chi connectivity index (χ3n) is 3.79. The molecular formula is C18H20FN3O4S. The van der Waals surface area contributed by atoms with Gasteiger partial charge in [-0.3, -0.25) is 9.10 Å². The van der Waals surface area contributed by atoms with Crippen molar-refractivity contribution in [1.29, 1.82) is 0 Å². The van der Waals surface area contributed by atoms with Crippen molar-refractivity contribution < 1.29 is 22.3 Å². The van der Waals surface area contributed by atoms with Gasteiger partial charge in [-0.2, -0.15) is 0 Å². The molecule has 0 unspecified atom stereocenters. The number of nitrogens with one attached hydrogen (secondary N) is 1. The zero-order chi connectivity index (χ0) is 19.8. The van der Waals surface area contributed by atoms with Crippen molar-refractivity contribution in [3.63, 3.8) is 0 Å². The summed E-state index contributed by atoms with van der Waals surface area (Å²) in [5, 5.41) is 2.80. The molecule has 1 aliphatic heterocycles. The average Bonchev–Trinajstić information content (AvgIpc) is 2.59. The van der Waals surface area contributed by atoms with E-state index in [1.54, 1.807) is 0 Å². The number of carbonyl (C=O) groups excluding carboxylic acids is 1. The van der Waals surface area contributed by atoms with Gasteiger partial charge in [0.25, 0.3) is 15.9 Å². The Hall–Kier alpha value is -2.68. The highest BCUT2D eigenvalue weighted by molar-refractivity contribution is 7.92. The van der Waals surface area contributed by atoms with E-state index in [-0.39, 0.29) is 41.1 Å². The molecule has 27 heavy (non-hydrogen) atoms. The highest BCUT2D eigenvalue weighted by Crippen LogP contribution is 2.34. The number of fused-ring (bicyclic) bond motifs is 1. The second kappa shape index (κ2) is 6.80.